The van der Waals surface area contributed by atoms with Gasteiger partial charge in [0.25, 0.3) is 0 Å². The molecule has 0 fully saturated rings. The second-order valence-corrected chi connectivity index (χ2v) is 3.43. The number of hydrogen-bond acceptors (Lipinski definition) is 0. The molecule has 2 heteroatoms. The first-order valence-electron chi connectivity index (χ1n) is 5.23. The molecule has 88 valence electrons. The molecule has 0 atom stereocenters. The topological polar surface area (TPSA) is 0 Å². The van der Waals surface area contributed by atoms with E-state index in [1.54, 1.807) is 24.3 Å². The van der Waals surface area contributed by atoms with E-state index in [0.717, 1.165) is 11.1 Å². The molecule has 0 saturated heterocycles. The maximum absolute atomic E-state index is 12.6. The molecule has 0 N–H and O–H groups in total. The van der Waals surface area contributed by atoms with Crippen molar-refractivity contribution in [2.24, 2.45) is 0 Å². The van der Waals surface area contributed by atoms with E-state index >= 15 is 0 Å². The van der Waals surface area contributed by atoms with Gasteiger partial charge in [0, 0.05) is 0 Å². The Morgan fingerprint density at radius 1 is 0.647 bits per heavy atom. The van der Waals surface area contributed by atoms with Gasteiger partial charge in [-0.2, -0.15) is 0 Å². The Morgan fingerprint density at radius 2 is 0.941 bits per heavy atom. The van der Waals surface area contributed by atoms with Crippen LogP contribution in [-0.2, 0) is 6.42 Å². The summed E-state index contributed by atoms with van der Waals surface area (Å²) in [5, 5.41) is 0. The van der Waals surface area contributed by atoms with Crippen LogP contribution in [0.1, 0.15) is 11.1 Å². The Morgan fingerprint density at radius 3 is 1.24 bits per heavy atom. The summed E-state index contributed by atoms with van der Waals surface area (Å²) in [5.74, 6) is -0.476. The molecule has 0 radical (unpaired) electrons. The number of halogens is 2. The van der Waals surface area contributed by atoms with Gasteiger partial charge < -0.3 is 0 Å². The van der Waals surface area contributed by atoms with Gasteiger partial charge >= 0.3 is 0 Å². The van der Waals surface area contributed by atoms with Gasteiger partial charge in [0.05, 0.1) is 0 Å². The zero-order valence-electron chi connectivity index (χ0n) is 9.50. The zero-order valence-corrected chi connectivity index (χ0v) is 9.50. The Bertz CT molecular complexity index is 400. The summed E-state index contributed by atoms with van der Waals surface area (Å²) < 4.78 is 25.3. The van der Waals surface area contributed by atoms with Gasteiger partial charge in [-0.1, -0.05) is 24.3 Å². The molecule has 0 amide bonds. The summed E-state index contributed by atoms with van der Waals surface area (Å²) in [5.41, 5.74) is 2.03. The molecule has 2 aromatic rings. The maximum Gasteiger partial charge on any atom is 0.123 e. The van der Waals surface area contributed by atoms with Crippen LogP contribution in [0.25, 0.3) is 0 Å². The van der Waals surface area contributed by atoms with E-state index in [0.29, 0.717) is 6.42 Å². The molecular weight excluding hydrogens is 218 g/mol. The van der Waals surface area contributed by atoms with Crippen molar-refractivity contribution in [1.82, 2.24) is 0 Å². The van der Waals surface area contributed by atoms with E-state index in [-0.39, 0.29) is 11.6 Å². The van der Waals surface area contributed by atoms with Gasteiger partial charge in [-0.3, -0.25) is 0 Å². The SMILES string of the molecule is C=C.Fc1ccc(Cc2ccc(F)cc2)cc1. The van der Waals surface area contributed by atoms with Crippen LogP contribution in [0, 0.1) is 11.6 Å². The monoisotopic (exact) mass is 232 g/mol. The lowest BCUT2D eigenvalue weighted by atomic mass is 10.1. The predicted molar refractivity (Wildman–Crippen MR) is 66.9 cm³/mol. The van der Waals surface area contributed by atoms with Crippen molar-refractivity contribution in [1.29, 1.82) is 0 Å². The fraction of sp³-hybridized carbons (Fsp3) is 0.0667. The third kappa shape index (κ3) is 4.19. The van der Waals surface area contributed by atoms with Crippen molar-refractivity contribution in [2.75, 3.05) is 0 Å². The van der Waals surface area contributed by atoms with E-state index in [9.17, 15) is 8.78 Å². The normalized spacial score (nSPS) is 9.29. The van der Waals surface area contributed by atoms with Crippen LogP contribution < -0.4 is 0 Å². The Labute approximate surface area is 100 Å². The zero-order chi connectivity index (χ0) is 12.7. The second-order valence-electron chi connectivity index (χ2n) is 3.43. The molecule has 0 aliphatic heterocycles. The van der Waals surface area contributed by atoms with E-state index in [1.807, 2.05) is 0 Å². The molecular formula is C15H14F2. The van der Waals surface area contributed by atoms with Crippen LogP contribution in [0.4, 0.5) is 8.78 Å². The first kappa shape index (κ1) is 13.1. The lowest BCUT2D eigenvalue weighted by Crippen LogP contribution is -1.88. The van der Waals surface area contributed by atoms with Gasteiger partial charge in [-0.05, 0) is 41.8 Å². The average molecular weight is 232 g/mol. The van der Waals surface area contributed by atoms with E-state index in [4.69, 9.17) is 0 Å². The number of benzene rings is 2. The minimum atomic E-state index is -0.238. The highest BCUT2D eigenvalue weighted by molar-refractivity contribution is 5.26. The standard InChI is InChI=1S/C13H10F2.C2H4/c14-12-5-1-10(2-6-12)9-11-3-7-13(15)8-4-11;1-2/h1-8H,9H2;1-2H2. The van der Waals surface area contributed by atoms with Crippen molar-refractivity contribution in [3.05, 3.63) is 84.5 Å². The van der Waals surface area contributed by atoms with E-state index < -0.39 is 0 Å². The molecule has 17 heavy (non-hydrogen) atoms. The number of rotatable bonds is 2. The molecule has 0 heterocycles. The van der Waals surface area contributed by atoms with Crippen molar-refractivity contribution >= 4 is 0 Å². The van der Waals surface area contributed by atoms with E-state index in [1.165, 1.54) is 24.3 Å². The summed E-state index contributed by atoms with van der Waals surface area (Å²) in [6.07, 6.45) is 0.695. The Hall–Kier alpha value is -1.96. The maximum atomic E-state index is 12.6. The van der Waals surface area contributed by atoms with Gasteiger partial charge in [0.15, 0.2) is 0 Å². The predicted octanol–water partition coefficient (Wildman–Crippen LogP) is 4.36. The van der Waals surface area contributed by atoms with Crippen molar-refractivity contribution in [3.63, 3.8) is 0 Å². The molecule has 2 rings (SSSR count). The van der Waals surface area contributed by atoms with Gasteiger partial charge in [0.2, 0.25) is 0 Å². The molecule has 0 bridgehead atoms. The largest absolute Gasteiger partial charge is 0.207 e. The quantitative estimate of drug-likeness (QED) is 0.675. The van der Waals surface area contributed by atoms with Crippen molar-refractivity contribution in [3.8, 4) is 0 Å². The fourth-order valence-electron chi connectivity index (χ4n) is 1.44. The first-order valence-corrected chi connectivity index (χ1v) is 5.23. The third-order valence-electron chi connectivity index (χ3n) is 2.23. The smallest absolute Gasteiger partial charge is 0.123 e. The van der Waals surface area contributed by atoms with Crippen LogP contribution in [0.5, 0.6) is 0 Å². The molecule has 0 nitrogen and oxygen atoms in total. The molecule has 0 spiro atoms. The van der Waals surface area contributed by atoms with Crippen LogP contribution >= 0.6 is 0 Å². The van der Waals surface area contributed by atoms with Crippen LogP contribution in [0.3, 0.4) is 0 Å². The minimum Gasteiger partial charge on any atom is -0.207 e. The lowest BCUT2D eigenvalue weighted by Gasteiger charge is -2.01. The molecule has 0 aromatic heterocycles. The van der Waals surface area contributed by atoms with Gasteiger partial charge in [-0.25, -0.2) is 8.78 Å². The highest BCUT2D eigenvalue weighted by Gasteiger charge is 1.97. The van der Waals surface area contributed by atoms with Gasteiger partial charge in [0.1, 0.15) is 11.6 Å². The summed E-state index contributed by atoms with van der Waals surface area (Å²) in [4.78, 5) is 0. The highest BCUT2D eigenvalue weighted by Crippen LogP contribution is 2.10. The molecule has 0 aliphatic rings. The third-order valence-corrected chi connectivity index (χ3v) is 2.23. The summed E-state index contributed by atoms with van der Waals surface area (Å²) in [7, 11) is 0. The Kier molecular flexibility index (Phi) is 5.08. The van der Waals surface area contributed by atoms with Crippen molar-refractivity contribution < 1.29 is 8.78 Å². The summed E-state index contributed by atoms with van der Waals surface area (Å²) in [6.45, 7) is 6.00. The van der Waals surface area contributed by atoms with Crippen molar-refractivity contribution in [2.45, 2.75) is 6.42 Å². The molecule has 2 aromatic carbocycles. The fourth-order valence-corrected chi connectivity index (χ4v) is 1.44. The van der Waals surface area contributed by atoms with Crippen LogP contribution in [0.15, 0.2) is 61.7 Å². The summed E-state index contributed by atoms with van der Waals surface area (Å²) in [6, 6.07) is 12.7. The first-order chi connectivity index (χ1) is 8.24. The molecule has 0 unspecified atom stereocenters. The highest BCUT2D eigenvalue weighted by atomic mass is 19.1. The average Bonchev–Trinajstić information content (AvgIpc) is 2.37. The van der Waals surface area contributed by atoms with E-state index in [2.05, 4.69) is 13.2 Å². The summed E-state index contributed by atoms with van der Waals surface area (Å²) >= 11 is 0. The number of hydrogen-bond donors (Lipinski definition) is 0. The van der Waals surface area contributed by atoms with Crippen LogP contribution in [0.2, 0.25) is 0 Å². The van der Waals surface area contributed by atoms with Crippen LogP contribution in [-0.4, -0.2) is 0 Å². The minimum absolute atomic E-state index is 0.238. The molecule has 0 aliphatic carbocycles. The molecule has 0 saturated carbocycles. The second kappa shape index (κ2) is 6.59. The lowest BCUT2D eigenvalue weighted by molar-refractivity contribution is 0.627. The van der Waals surface area contributed by atoms with Gasteiger partial charge in [-0.15, -0.1) is 13.2 Å². The Balaban J connectivity index is 0.000000686.